The Bertz CT molecular complexity index is 379. The molecule has 17 heavy (non-hydrogen) atoms. The summed E-state index contributed by atoms with van der Waals surface area (Å²) in [6, 6.07) is 2.10. The molecule has 0 aliphatic carbocycles. The van der Waals surface area contributed by atoms with E-state index in [0.29, 0.717) is 0 Å². The summed E-state index contributed by atoms with van der Waals surface area (Å²) in [6.45, 7) is 3.00. The minimum absolute atomic E-state index is 0. The lowest BCUT2D eigenvalue weighted by Crippen LogP contribution is -2.39. The highest BCUT2D eigenvalue weighted by Crippen LogP contribution is 2.20. The lowest BCUT2D eigenvalue weighted by Gasteiger charge is -2.17. The van der Waals surface area contributed by atoms with Gasteiger partial charge >= 0.3 is 0 Å². The van der Waals surface area contributed by atoms with Gasteiger partial charge in [0.1, 0.15) is 11.6 Å². The summed E-state index contributed by atoms with van der Waals surface area (Å²) in [5.74, 6) is -1.81. The molecule has 0 spiro atoms. The highest BCUT2D eigenvalue weighted by Gasteiger charge is 2.18. The van der Waals surface area contributed by atoms with Crippen LogP contribution in [0.5, 0.6) is 0 Å². The van der Waals surface area contributed by atoms with Gasteiger partial charge in [-0.1, -0.05) is 6.07 Å². The van der Waals surface area contributed by atoms with Crippen LogP contribution in [0.1, 0.15) is 25.5 Å². The predicted molar refractivity (Wildman–Crippen MR) is 63.8 cm³/mol. The van der Waals surface area contributed by atoms with Crippen molar-refractivity contribution in [2.24, 2.45) is 5.73 Å². The van der Waals surface area contributed by atoms with Gasteiger partial charge in [-0.25, -0.2) is 8.78 Å². The topological polar surface area (TPSA) is 55.1 Å². The summed E-state index contributed by atoms with van der Waals surface area (Å²) < 4.78 is 26.7. The van der Waals surface area contributed by atoms with Crippen molar-refractivity contribution in [3.05, 3.63) is 35.4 Å². The van der Waals surface area contributed by atoms with Crippen LogP contribution in [-0.2, 0) is 4.79 Å². The summed E-state index contributed by atoms with van der Waals surface area (Å²) in [7, 11) is 0. The molecule has 3 nitrogen and oxygen atoms in total. The van der Waals surface area contributed by atoms with Gasteiger partial charge in [-0.2, -0.15) is 0 Å². The number of hydrogen-bond acceptors (Lipinski definition) is 2. The molecule has 2 atom stereocenters. The molecule has 3 N–H and O–H groups in total. The summed E-state index contributed by atoms with van der Waals surface area (Å²) in [5, 5.41) is 2.43. The van der Waals surface area contributed by atoms with Crippen molar-refractivity contribution in [1.29, 1.82) is 0 Å². The van der Waals surface area contributed by atoms with E-state index in [1.54, 1.807) is 0 Å². The first-order valence-corrected chi connectivity index (χ1v) is 4.93. The highest BCUT2D eigenvalue weighted by molar-refractivity contribution is 5.85. The normalized spacial score (nSPS) is 13.5. The molecular formula is C11H15ClF2N2O. The molecule has 0 saturated carbocycles. The van der Waals surface area contributed by atoms with Crippen LogP contribution >= 0.6 is 12.4 Å². The first kappa shape index (κ1) is 15.8. The number of amides is 1. The van der Waals surface area contributed by atoms with Crippen molar-refractivity contribution in [2.45, 2.75) is 25.9 Å². The van der Waals surface area contributed by atoms with Gasteiger partial charge in [0.25, 0.3) is 0 Å². The van der Waals surface area contributed by atoms with Crippen LogP contribution in [0.3, 0.4) is 0 Å². The number of benzene rings is 1. The third-order valence-electron chi connectivity index (χ3n) is 2.21. The Labute approximate surface area is 105 Å². The smallest absolute Gasteiger partial charge is 0.237 e. The second kappa shape index (κ2) is 6.51. The van der Waals surface area contributed by atoms with Gasteiger partial charge in [0.05, 0.1) is 12.1 Å². The third-order valence-corrected chi connectivity index (χ3v) is 2.21. The molecule has 1 amide bonds. The third kappa shape index (κ3) is 3.94. The zero-order chi connectivity index (χ0) is 12.3. The molecule has 6 heteroatoms. The summed E-state index contributed by atoms with van der Waals surface area (Å²) >= 11 is 0. The molecule has 96 valence electrons. The lowest BCUT2D eigenvalue weighted by atomic mass is 10.1. The Hall–Kier alpha value is -1.20. The fourth-order valence-corrected chi connectivity index (χ4v) is 1.34. The summed E-state index contributed by atoms with van der Waals surface area (Å²) in [5.41, 5.74) is 5.18. The van der Waals surface area contributed by atoms with Gasteiger partial charge < -0.3 is 11.1 Å². The van der Waals surface area contributed by atoms with Gasteiger partial charge in [0.2, 0.25) is 5.91 Å². The second-order valence-corrected chi connectivity index (χ2v) is 3.65. The van der Waals surface area contributed by atoms with Crippen molar-refractivity contribution >= 4 is 18.3 Å². The van der Waals surface area contributed by atoms with E-state index in [-0.39, 0.29) is 18.0 Å². The number of carbonyl (C=O) groups is 1. The maximum atomic E-state index is 13.3. The largest absolute Gasteiger partial charge is 0.348 e. The van der Waals surface area contributed by atoms with E-state index < -0.39 is 29.6 Å². The van der Waals surface area contributed by atoms with Crippen molar-refractivity contribution in [1.82, 2.24) is 5.32 Å². The van der Waals surface area contributed by atoms with Crippen molar-refractivity contribution in [2.75, 3.05) is 0 Å². The molecule has 0 radical (unpaired) electrons. The molecule has 0 aromatic heterocycles. The van der Waals surface area contributed by atoms with Crippen LogP contribution < -0.4 is 11.1 Å². The van der Waals surface area contributed by atoms with Crippen molar-refractivity contribution < 1.29 is 13.6 Å². The molecule has 2 unspecified atom stereocenters. The van der Waals surface area contributed by atoms with Crippen molar-refractivity contribution in [3.63, 3.8) is 0 Å². The number of rotatable bonds is 3. The lowest BCUT2D eigenvalue weighted by molar-refractivity contribution is -0.122. The monoisotopic (exact) mass is 264 g/mol. The molecule has 0 aliphatic rings. The average molecular weight is 265 g/mol. The molecule has 1 aromatic rings. The maximum absolute atomic E-state index is 13.3. The molecule has 0 saturated heterocycles. The van der Waals surface area contributed by atoms with Gasteiger partial charge in [-0.15, -0.1) is 12.4 Å². The first-order chi connectivity index (χ1) is 7.43. The van der Waals surface area contributed by atoms with E-state index in [1.807, 2.05) is 0 Å². The van der Waals surface area contributed by atoms with Gasteiger partial charge in [0.15, 0.2) is 0 Å². The molecule has 1 rings (SSSR count). The number of carbonyl (C=O) groups excluding carboxylic acids is 1. The van der Waals surface area contributed by atoms with Gasteiger partial charge in [-0.3, -0.25) is 4.79 Å². The van der Waals surface area contributed by atoms with Crippen LogP contribution in [-0.4, -0.2) is 11.9 Å². The Morgan fingerprint density at radius 3 is 2.18 bits per heavy atom. The van der Waals surface area contributed by atoms with Crippen LogP contribution in [0.15, 0.2) is 18.2 Å². The Kier molecular flexibility index (Phi) is 6.05. The number of hydrogen-bond donors (Lipinski definition) is 2. The molecular weight excluding hydrogens is 250 g/mol. The number of nitrogens with one attached hydrogen (secondary N) is 1. The van der Waals surface area contributed by atoms with Gasteiger partial charge in [0, 0.05) is 5.56 Å². The van der Waals surface area contributed by atoms with Crippen LogP contribution in [0, 0.1) is 11.6 Å². The van der Waals surface area contributed by atoms with Gasteiger partial charge in [-0.05, 0) is 26.0 Å². The molecule has 0 heterocycles. The fourth-order valence-electron chi connectivity index (χ4n) is 1.34. The molecule has 1 aromatic carbocycles. The van der Waals surface area contributed by atoms with E-state index in [0.717, 1.165) is 12.1 Å². The second-order valence-electron chi connectivity index (χ2n) is 3.65. The fraction of sp³-hybridized carbons (Fsp3) is 0.364. The van der Waals surface area contributed by atoms with Crippen LogP contribution in [0.25, 0.3) is 0 Å². The Balaban J connectivity index is 0.00000256. The summed E-state index contributed by atoms with van der Waals surface area (Å²) in [6.07, 6.45) is 0. The molecule has 0 fully saturated rings. The standard InChI is InChI=1S/C11H14F2N2O.ClH/c1-6(14)11(16)15-7(2)10-8(12)4-3-5-9(10)13;/h3-7H,14H2,1-2H3,(H,15,16);1H. The number of nitrogens with two attached hydrogens (primary N) is 1. The molecule has 0 aliphatic heterocycles. The van der Waals surface area contributed by atoms with E-state index in [1.165, 1.54) is 19.9 Å². The summed E-state index contributed by atoms with van der Waals surface area (Å²) in [4.78, 5) is 11.3. The quantitative estimate of drug-likeness (QED) is 0.876. The zero-order valence-corrected chi connectivity index (χ0v) is 10.4. The van der Waals surface area contributed by atoms with Crippen molar-refractivity contribution in [3.8, 4) is 0 Å². The average Bonchev–Trinajstić information content (AvgIpc) is 2.16. The van der Waals surface area contributed by atoms with Crippen LogP contribution in [0.4, 0.5) is 8.78 Å². The van der Waals surface area contributed by atoms with E-state index >= 15 is 0 Å². The Morgan fingerprint density at radius 1 is 1.29 bits per heavy atom. The maximum Gasteiger partial charge on any atom is 0.237 e. The zero-order valence-electron chi connectivity index (χ0n) is 9.54. The Morgan fingerprint density at radius 2 is 1.76 bits per heavy atom. The van der Waals surface area contributed by atoms with Crippen LogP contribution in [0.2, 0.25) is 0 Å². The van der Waals surface area contributed by atoms with E-state index in [4.69, 9.17) is 5.73 Å². The minimum Gasteiger partial charge on any atom is -0.348 e. The predicted octanol–water partition coefficient (Wildman–Crippen LogP) is 1.91. The number of halogens is 3. The van der Waals surface area contributed by atoms with E-state index in [2.05, 4.69) is 5.32 Å². The molecule has 0 bridgehead atoms. The first-order valence-electron chi connectivity index (χ1n) is 4.93. The SMILES string of the molecule is CC(N)C(=O)NC(C)c1c(F)cccc1F.Cl. The van der Waals surface area contributed by atoms with E-state index in [9.17, 15) is 13.6 Å². The highest BCUT2D eigenvalue weighted by atomic mass is 35.5. The minimum atomic E-state index is -0.750.